The summed E-state index contributed by atoms with van der Waals surface area (Å²) in [6.45, 7) is 0.621. The Hall–Kier alpha value is -2.66. The van der Waals surface area contributed by atoms with Gasteiger partial charge in [0.25, 0.3) is 0 Å². The third-order valence-corrected chi connectivity index (χ3v) is 5.05. The molecular formula is C22H24N2O2S. The Balaban J connectivity index is 1.59. The number of ether oxygens (including phenoxy) is 1. The number of hydrogen-bond donors (Lipinski definition) is 2. The predicted molar refractivity (Wildman–Crippen MR) is 114 cm³/mol. The molecule has 0 aliphatic rings. The number of aromatic amines is 1. The molecule has 1 heterocycles. The third kappa shape index (κ3) is 4.74. The molecule has 5 heteroatoms. The van der Waals surface area contributed by atoms with E-state index in [9.17, 15) is 4.79 Å². The standard InChI is InChI=1S/C22H24N2O2S/c1-26-20-9-5-8-19-17(14-24-22(19)20)10-11-21(25)23-13-12-16-6-3-4-7-18(16)15-27-2/h3-11,14,24H,12-13,15H2,1-2H3,(H,23,25)/b11-10+. The lowest BCUT2D eigenvalue weighted by molar-refractivity contribution is -0.116. The number of benzene rings is 2. The molecule has 0 aliphatic heterocycles. The van der Waals surface area contributed by atoms with Gasteiger partial charge in [0.05, 0.1) is 12.6 Å². The van der Waals surface area contributed by atoms with Crippen molar-refractivity contribution in [1.82, 2.24) is 10.3 Å². The van der Waals surface area contributed by atoms with Crippen molar-refractivity contribution in [2.24, 2.45) is 0 Å². The molecule has 27 heavy (non-hydrogen) atoms. The lowest BCUT2D eigenvalue weighted by Crippen LogP contribution is -2.23. The van der Waals surface area contributed by atoms with Gasteiger partial charge in [-0.25, -0.2) is 0 Å². The van der Waals surface area contributed by atoms with Gasteiger partial charge < -0.3 is 15.0 Å². The highest BCUT2D eigenvalue weighted by molar-refractivity contribution is 7.97. The van der Waals surface area contributed by atoms with Gasteiger partial charge in [0.1, 0.15) is 5.75 Å². The van der Waals surface area contributed by atoms with Crippen molar-refractivity contribution in [1.29, 1.82) is 0 Å². The number of H-pyrrole nitrogens is 1. The number of fused-ring (bicyclic) bond motifs is 1. The van der Waals surface area contributed by atoms with Gasteiger partial charge in [0, 0.05) is 35.5 Å². The van der Waals surface area contributed by atoms with E-state index in [2.05, 4.69) is 34.8 Å². The lowest BCUT2D eigenvalue weighted by Gasteiger charge is -2.08. The lowest BCUT2D eigenvalue weighted by atomic mass is 10.1. The largest absolute Gasteiger partial charge is 0.495 e. The fourth-order valence-corrected chi connectivity index (χ4v) is 3.69. The van der Waals surface area contributed by atoms with E-state index in [1.807, 2.05) is 48.3 Å². The minimum atomic E-state index is -0.0883. The molecule has 0 unspecified atom stereocenters. The van der Waals surface area contributed by atoms with Crippen LogP contribution >= 0.6 is 11.8 Å². The first kappa shape index (κ1) is 19.1. The van der Waals surface area contributed by atoms with E-state index in [1.54, 1.807) is 13.2 Å². The molecule has 2 aromatic carbocycles. The van der Waals surface area contributed by atoms with E-state index in [1.165, 1.54) is 11.1 Å². The Bertz CT molecular complexity index is 946. The molecule has 140 valence electrons. The summed E-state index contributed by atoms with van der Waals surface area (Å²) in [5, 5.41) is 4.00. The van der Waals surface area contributed by atoms with Crippen LogP contribution < -0.4 is 10.1 Å². The van der Waals surface area contributed by atoms with E-state index >= 15 is 0 Å². The molecule has 0 spiro atoms. The van der Waals surface area contributed by atoms with Crippen LogP contribution in [0.25, 0.3) is 17.0 Å². The van der Waals surface area contributed by atoms with Crippen molar-refractivity contribution < 1.29 is 9.53 Å². The Kier molecular flexibility index (Phi) is 6.60. The van der Waals surface area contributed by atoms with Crippen LogP contribution in [0.5, 0.6) is 5.75 Å². The number of methoxy groups -OCH3 is 1. The fraction of sp³-hybridized carbons (Fsp3) is 0.227. The summed E-state index contributed by atoms with van der Waals surface area (Å²) in [5.74, 6) is 1.70. The maximum absolute atomic E-state index is 12.2. The third-order valence-electron chi connectivity index (χ3n) is 4.46. The summed E-state index contributed by atoms with van der Waals surface area (Å²) in [7, 11) is 1.65. The monoisotopic (exact) mass is 380 g/mol. The van der Waals surface area contributed by atoms with E-state index in [4.69, 9.17) is 4.74 Å². The highest BCUT2D eigenvalue weighted by Gasteiger charge is 2.06. The molecule has 0 atom stereocenters. The molecule has 3 aromatic rings. The van der Waals surface area contributed by atoms with E-state index < -0.39 is 0 Å². The molecule has 0 saturated heterocycles. The zero-order chi connectivity index (χ0) is 19.1. The highest BCUT2D eigenvalue weighted by atomic mass is 32.2. The Morgan fingerprint density at radius 1 is 1.19 bits per heavy atom. The minimum absolute atomic E-state index is 0.0883. The number of amides is 1. The van der Waals surface area contributed by atoms with Gasteiger partial charge in [-0.2, -0.15) is 11.8 Å². The van der Waals surface area contributed by atoms with Gasteiger partial charge in [-0.1, -0.05) is 36.4 Å². The average molecular weight is 381 g/mol. The van der Waals surface area contributed by atoms with Gasteiger partial charge in [-0.3, -0.25) is 4.79 Å². The van der Waals surface area contributed by atoms with Crippen molar-refractivity contribution >= 4 is 34.6 Å². The summed E-state index contributed by atoms with van der Waals surface area (Å²) in [6.07, 6.45) is 8.23. The van der Waals surface area contributed by atoms with Crippen LogP contribution in [0.3, 0.4) is 0 Å². The Labute approximate surface area is 164 Å². The topological polar surface area (TPSA) is 54.1 Å². The molecular weight excluding hydrogens is 356 g/mol. The molecule has 0 aliphatic carbocycles. The van der Waals surface area contributed by atoms with Crippen LogP contribution in [-0.2, 0) is 17.0 Å². The molecule has 3 rings (SSSR count). The van der Waals surface area contributed by atoms with Gasteiger partial charge in [-0.05, 0) is 35.9 Å². The number of nitrogens with one attached hydrogen (secondary N) is 2. The van der Waals surface area contributed by atoms with Gasteiger partial charge in [-0.15, -0.1) is 0 Å². The van der Waals surface area contributed by atoms with Gasteiger partial charge >= 0.3 is 0 Å². The normalized spacial score (nSPS) is 11.2. The van der Waals surface area contributed by atoms with E-state index in [-0.39, 0.29) is 5.91 Å². The first-order valence-corrected chi connectivity index (χ1v) is 10.3. The van der Waals surface area contributed by atoms with Crippen molar-refractivity contribution in [2.75, 3.05) is 19.9 Å². The van der Waals surface area contributed by atoms with Crippen LogP contribution in [-0.4, -0.2) is 30.8 Å². The summed E-state index contributed by atoms with van der Waals surface area (Å²) < 4.78 is 5.35. The van der Waals surface area contributed by atoms with Crippen LogP contribution in [0.4, 0.5) is 0 Å². The number of para-hydroxylation sites is 1. The smallest absolute Gasteiger partial charge is 0.244 e. The van der Waals surface area contributed by atoms with Gasteiger partial charge in [0.15, 0.2) is 0 Å². The SMILES string of the molecule is COc1cccc2c(/C=C/C(=O)NCCc3ccccc3CSC)c[nH]c12. The molecule has 0 fully saturated rings. The summed E-state index contributed by atoms with van der Waals surface area (Å²) in [6, 6.07) is 14.3. The van der Waals surface area contributed by atoms with Crippen molar-refractivity contribution in [3.63, 3.8) is 0 Å². The van der Waals surface area contributed by atoms with Crippen LogP contribution in [0.15, 0.2) is 54.7 Å². The number of carbonyl (C=O) groups is 1. The quantitative estimate of drug-likeness (QED) is 0.569. The number of rotatable bonds is 8. The maximum atomic E-state index is 12.2. The number of hydrogen-bond acceptors (Lipinski definition) is 3. The molecule has 1 amide bonds. The van der Waals surface area contributed by atoms with Crippen molar-refractivity contribution in [3.8, 4) is 5.75 Å². The Morgan fingerprint density at radius 3 is 2.78 bits per heavy atom. The van der Waals surface area contributed by atoms with E-state index in [0.29, 0.717) is 6.54 Å². The van der Waals surface area contributed by atoms with E-state index in [0.717, 1.165) is 34.4 Å². The number of aromatic nitrogens is 1. The van der Waals surface area contributed by atoms with Crippen molar-refractivity contribution in [2.45, 2.75) is 12.2 Å². The summed E-state index contributed by atoms with van der Waals surface area (Å²) in [5.41, 5.74) is 4.53. The summed E-state index contributed by atoms with van der Waals surface area (Å²) in [4.78, 5) is 15.4. The molecule has 4 nitrogen and oxygen atoms in total. The second kappa shape index (κ2) is 9.33. The zero-order valence-electron chi connectivity index (χ0n) is 15.6. The molecule has 0 radical (unpaired) electrons. The fourth-order valence-electron chi connectivity index (χ4n) is 3.10. The number of carbonyl (C=O) groups excluding carboxylic acids is 1. The summed E-state index contributed by atoms with van der Waals surface area (Å²) >= 11 is 1.81. The Morgan fingerprint density at radius 2 is 2.00 bits per heavy atom. The zero-order valence-corrected chi connectivity index (χ0v) is 16.4. The van der Waals surface area contributed by atoms with Crippen LogP contribution in [0, 0.1) is 0 Å². The first-order valence-electron chi connectivity index (χ1n) is 8.88. The van der Waals surface area contributed by atoms with Crippen LogP contribution in [0.1, 0.15) is 16.7 Å². The average Bonchev–Trinajstić information content (AvgIpc) is 3.11. The maximum Gasteiger partial charge on any atom is 0.244 e. The second-order valence-electron chi connectivity index (χ2n) is 6.20. The first-order chi connectivity index (χ1) is 13.2. The van der Waals surface area contributed by atoms with Crippen LogP contribution in [0.2, 0.25) is 0 Å². The molecule has 0 bridgehead atoms. The second-order valence-corrected chi connectivity index (χ2v) is 7.07. The van der Waals surface area contributed by atoms with Gasteiger partial charge in [0.2, 0.25) is 5.91 Å². The highest BCUT2D eigenvalue weighted by Crippen LogP contribution is 2.27. The number of thioether (sulfide) groups is 1. The molecule has 0 saturated carbocycles. The molecule has 1 aromatic heterocycles. The predicted octanol–water partition coefficient (Wildman–Crippen LogP) is 4.41. The van der Waals surface area contributed by atoms with Crippen molar-refractivity contribution in [3.05, 3.63) is 71.4 Å². The minimum Gasteiger partial charge on any atom is -0.495 e. The molecule has 2 N–H and O–H groups in total.